The van der Waals surface area contributed by atoms with Crippen LogP contribution in [-0.4, -0.2) is 28.5 Å². The fraction of sp³-hybridized carbons (Fsp3) is 0.300. The van der Waals surface area contributed by atoms with Gasteiger partial charge in [-0.15, -0.1) is 0 Å². The number of nitrogens with one attached hydrogen (secondary N) is 1. The number of carbonyl (C=O) groups is 2. The summed E-state index contributed by atoms with van der Waals surface area (Å²) in [5, 5.41) is 13.6. The Morgan fingerprint density at radius 1 is 1.19 bits per heavy atom. The second-order valence-electron chi connectivity index (χ2n) is 7.00. The minimum Gasteiger partial charge on any atom is -0.485 e. The number of nitrogens with two attached hydrogens (primary N) is 1. The van der Waals surface area contributed by atoms with E-state index in [1.165, 1.54) is 6.92 Å². The SMILES string of the molecule is CC(=O)c1ccc2c(c1)[C@@H](NC(=O)c1ccccc1N)[C@H](O)C(C)(C)O2. The Labute approximate surface area is 152 Å². The fourth-order valence-electron chi connectivity index (χ4n) is 3.10. The van der Waals surface area contributed by atoms with Crippen molar-refractivity contribution < 1.29 is 19.4 Å². The summed E-state index contributed by atoms with van der Waals surface area (Å²) in [6.45, 7) is 4.95. The molecule has 0 bridgehead atoms. The normalized spacial score (nSPS) is 20.6. The molecule has 0 fully saturated rings. The smallest absolute Gasteiger partial charge is 0.253 e. The van der Waals surface area contributed by atoms with E-state index in [2.05, 4.69) is 5.32 Å². The number of anilines is 1. The lowest BCUT2D eigenvalue weighted by Gasteiger charge is -2.42. The molecule has 1 aliphatic rings. The van der Waals surface area contributed by atoms with Crippen LogP contribution >= 0.6 is 0 Å². The van der Waals surface area contributed by atoms with Crippen molar-refractivity contribution in [2.24, 2.45) is 0 Å². The molecule has 2 aromatic carbocycles. The second-order valence-corrected chi connectivity index (χ2v) is 7.00. The Balaban J connectivity index is 2.02. The van der Waals surface area contributed by atoms with Crippen molar-refractivity contribution >= 4 is 17.4 Å². The number of aliphatic hydroxyl groups excluding tert-OH is 1. The van der Waals surface area contributed by atoms with Crippen molar-refractivity contribution in [1.29, 1.82) is 0 Å². The maximum absolute atomic E-state index is 12.7. The van der Waals surface area contributed by atoms with Gasteiger partial charge in [-0.1, -0.05) is 12.1 Å². The number of nitrogen functional groups attached to an aromatic ring is 1. The van der Waals surface area contributed by atoms with Crippen molar-refractivity contribution in [3.63, 3.8) is 0 Å². The maximum Gasteiger partial charge on any atom is 0.253 e. The second kappa shape index (κ2) is 6.46. The van der Waals surface area contributed by atoms with E-state index in [1.807, 2.05) is 0 Å². The maximum atomic E-state index is 12.7. The Hall–Kier alpha value is -2.86. The fourth-order valence-corrected chi connectivity index (χ4v) is 3.10. The number of hydrogen-bond acceptors (Lipinski definition) is 5. The molecule has 1 amide bonds. The molecule has 4 N–H and O–H groups in total. The average molecular weight is 354 g/mol. The van der Waals surface area contributed by atoms with Gasteiger partial charge in [0.2, 0.25) is 0 Å². The quantitative estimate of drug-likeness (QED) is 0.580. The summed E-state index contributed by atoms with van der Waals surface area (Å²) in [5.74, 6) is 0.0187. The molecule has 0 aliphatic carbocycles. The van der Waals surface area contributed by atoms with Gasteiger partial charge in [0.1, 0.15) is 17.5 Å². The van der Waals surface area contributed by atoms with Gasteiger partial charge in [0.25, 0.3) is 5.91 Å². The molecule has 0 saturated heterocycles. The third kappa shape index (κ3) is 3.15. The number of rotatable bonds is 3. The Bertz CT molecular complexity index is 876. The van der Waals surface area contributed by atoms with Crippen LogP contribution in [0.3, 0.4) is 0 Å². The highest BCUT2D eigenvalue weighted by Gasteiger charge is 2.43. The van der Waals surface area contributed by atoms with E-state index in [0.29, 0.717) is 28.1 Å². The van der Waals surface area contributed by atoms with Gasteiger partial charge in [0, 0.05) is 16.8 Å². The standard InChI is InChI=1S/C20H22N2O4/c1-11(23)12-8-9-16-14(10-12)17(18(24)20(2,3)26-16)22-19(25)13-6-4-5-7-15(13)21/h4-10,17-18,24H,21H2,1-3H3,(H,22,25)/t17-,18+/m1/s1. The minimum absolute atomic E-state index is 0.107. The van der Waals surface area contributed by atoms with Gasteiger partial charge in [-0.3, -0.25) is 9.59 Å². The molecule has 0 unspecified atom stereocenters. The number of hydrogen-bond donors (Lipinski definition) is 3. The first-order valence-electron chi connectivity index (χ1n) is 8.38. The number of ketones is 1. The summed E-state index contributed by atoms with van der Waals surface area (Å²) in [6, 6.07) is 11.0. The number of carbonyl (C=O) groups excluding carboxylic acids is 2. The van der Waals surface area contributed by atoms with E-state index in [9.17, 15) is 14.7 Å². The van der Waals surface area contributed by atoms with Crippen molar-refractivity contribution in [3.8, 4) is 5.75 Å². The highest BCUT2D eigenvalue weighted by Crippen LogP contribution is 2.40. The molecule has 0 aromatic heterocycles. The van der Waals surface area contributed by atoms with E-state index < -0.39 is 23.7 Å². The number of amides is 1. The van der Waals surface area contributed by atoms with Crippen molar-refractivity contribution in [2.45, 2.75) is 38.5 Å². The van der Waals surface area contributed by atoms with Gasteiger partial charge < -0.3 is 20.9 Å². The summed E-state index contributed by atoms with van der Waals surface area (Å²) in [4.78, 5) is 24.4. The van der Waals surface area contributed by atoms with Gasteiger partial charge in [-0.05, 0) is 51.1 Å². The van der Waals surface area contributed by atoms with Crippen LogP contribution in [0.15, 0.2) is 42.5 Å². The number of ether oxygens (including phenoxy) is 1. The van der Waals surface area contributed by atoms with E-state index in [4.69, 9.17) is 10.5 Å². The van der Waals surface area contributed by atoms with E-state index >= 15 is 0 Å². The molecule has 1 heterocycles. The van der Waals surface area contributed by atoms with Crippen LogP contribution in [0.4, 0.5) is 5.69 Å². The molecule has 0 radical (unpaired) electrons. The molecule has 2 atom stereocenters. The van der Waals surface area contributed by atoms with Crippen LogP contribution < -0.4 is 15.8 Å². The van der Waals surface area contributed by atoms with Gasteiger partial charge in [0.15, 0.2) is 5.78 Å². The lowest BCUT2D eigenvalue weighted by molar-refractivity contribution is -0.0627. The third-order valence-electron chi connectivity index (χ3n) is 4.64. The lowest BCUT2D eigenvalue weighted by atomic mass is 9.85. The molecular formula is C20H22N2O4. The molecule has 3 rings (SSSR count). The number of fused-ring (bicyclic) bond motifs is 1. The largest absolute Gasteiger partial charge is 0.485 e. The molecule has 1 aliphatic heterocycles. The van der Waals surface area contributed by atoms with Crippen LogP contribution in [-0.2, 0) is 0 Å². The topological polar surface area (TPSA) is 102 Å². The monoisotopic (exact) mass is 354 g/mol. The predicted octanol–water partition coefficient (Wildman–Crippen LogP) is 2.47. The average Bonchev–Trinajstić information content (AvgIpc) is 2.58. The van der Waals surface area contributed by atoms with Gasteiger partial charge in [-0.25, -0.2) is 0 Å². The molecule has 2 aromatic rings. The summed E-state index contributed by atoms with van der Waals surface area (Å²) in [7, 11) is 0. The summed E-state index contributed by atoms with van der Waals surface area (Å²) >= 11 is 0. The third-order valence-corrected chi connectivity index (χ3v) is 4.64. The number of benzene rings is 2. The molecule has 136 valence electrons. The van der Waals surface area contributed by atoms with Crippen LogP contribution in [0.5, 0.6) is 5.75 Å². The van der Waals surface area contributed by atoms with Crippen LogP contribution in [0.2, 0.25) is 0 Å². The van der Waals surface area contributed by atoms with E-state index in [-0.39, 0.29) is 5.78 Å². The number of para-hydroxylation sites is 1. The van der Waals surface area contributed by atoms with Crippen molar-refractivity contribution in [2.75, 3.05) is 5.73 Å². The minimum atomic E-state index is -1.01. The van der Waals surface area contributed by atoms with Crippen LogP contribution in [0, 0.1) is 0 Å². The first kappa shape index (κ1) is 17.9. The molecule has 0 saturated carbocycles. The van der Waals surface area contributed by atoms with Crippen molar-refractivity contribution in [3.05, 3.63) is 59.2 Å². The Kier molecular flexibility index (Phi) is 4.46. The van der Waals surface area contributed by atoms with Crippen LogP contribution in [0.25, 0.3) is 0 Å². The molecule has 0 spiro atoms. The summed E-state index contributed by atoms with van der Waals surface area (Å²) in [6.07, 6.45) is -1.01. The zero-order valence-corrected chi connectivity index (χ0v) is 14.9. The Morgan fingerprint density at radius 3 is 2.54 bits per heavy atom. The lowest BCUT2D eigenvalue weighted by Crippen LogP contribution is -2.53. The predicted molar refractivity (Wildman–Crippen MR) is 98.2 cm³/mol. The van der Waals surface area contributed by atoms with E-state index in [0.717, 1.165) is 0 Å². The molecule has 26 heavy (non-hydrogen) atoms. The zero-order valence-electron chi connectivity index (χ0n) is 14.9. The highest BCUT2D eigenvalue weighted by atomic mass is 16.5. The van der Waals surface area contributed by atoms with Gasteiger partial charge in [-0.2, -0.15) is 0 Å². The van der Waals surface area contributed by atoms with E-state index in [1.54, 1.807) is 56.3 Å². The van der Waals surface area contributed by atoms with Crippen LogP contribution in [0.1, 0.15) is 53.1 Å². The van der Waals surface area contributed by atoms with Gasteiger partial charge >= 0.3 is 0 Å². The first-order chi connectivity index (χ1) is 12.2. The zero-order chi connectivity index (χ0) is 19.1. The first-order valence-corrected chi connectivity index (χ1v) is 8.38. The number of Topliss-reactive ketones (excluding diaryl/α,β-unsaturated/α-hetero) is 1. The van der Waals surface area contributed by atoms with Crippen molar-refractivity contribution in [1.82, 2.24) is 5.32 Å². The summed E-state index contributed by atoms with van der Waals surface area (Å²) in [5.41, 5.74) is 6.69. The summed E-state index contributed by atoms with van der Waals surface area (Å²) < 4.78 is 5.87. The highest BCUT2D eigenvalue weighted by molar-refractivity contribution is 5.99. The Morgan fingerprint density at radius 2 is 1.88 bits per heavy atom. The van der Waals surface area contributed by atoms with Gasteiger partial charge in [0.05, 0.1) is 11.6 Å². The molecular weight excluding hydrogens is 332 g/mol. The molecule has 6 heteroatoms. The number of aliphatic hydroxyl groups is 1. The molecule has 6 nitrogen and oxygen atoms in total.